The van der Waals surface area contributed by atoms with Crippen molar-refractivity contribution >= 4 is 12.2 Å². The second-order valence-electron chi connectivity index (χ2n) is 7.27. The van der Waals surface area contributed by atoms with Crippen molar-refractivity contribution in [3.63, 3.8) is 0 Å². The molecule has 0 spiro atoms. The molecule has 0 amide bonds. The Balaban J connectivity index is 2.12. The number of hydrogen-bond donors (Lipinski definition) is 1. The predicted molar refractivity (Wildman–Crippen MR) is 82.0 cm³/mol. The van der Waals surface area contributed by atoms with Crippen LogP contribution < -0.4 is 0 Å². The maximum absolute atomic E-state index is 5.35. The van der Waals surface area contributed by atoms with Gasteiger partial charge in [-0.3, -0.25) is 5.10 Å². The normalized spacial score (nSPS) is 24.9. The van der Waals surface area contributed by atoms with Gasteiger partial charge in [0.2, 0.25) is 0 Å². The molecule has 1 aromatic rings. The molecule has 1 aliphatic carbocycles. The van der Waals surface area contributed by atoms with E-state index in [9.17, 15) is 0 Å². The van der Waals surface area contributed by atoms with Gasteiger partial charge in [0.25, 0.3) is 0 Å². The van der Waals surface area contributed by atoms with Crippen LogP contribution in [-0.2, 0) is 0 Å². The zero-order chi connectivity index (χ0) is 14.2. The summed E-state index contributed by atoms with van der Waals surface area (Å²) in [5.41, 5.74) is 0.438. The average Bonchev–Trinajstić information content (AvgIpc) is 2.70. The molecule has 0 aliphatic heterocycles. The van der Waals surface area contributed by atoms with Crippen LogP contribution in [0.4, 0.5) is 0 Å². The van der Waals surface area contributed by atoms with Crippen LogP contribution in [0.15, 0.2) is 0 Å². The van der Waals surface area contributed by atoms with Crippen molar-refractivity contribution in [1.82, 2.24) is 14.8 Å². The van der Waals surface area contributed by atoms with Crippen molar-refractivity contribution in [2.45, 2.75) is 72.3 Å². The minimum absolute atomic E-state index is 0.390. The van der Waals surface area contributed by atoms with Gasteiger partial charge in [0, 0.05) is 12.0 Å². The molecule has 1 fully saturated rings. The summed E-state index contributed by atoms with van der Waals surface area (Å²) >= 11 is 5.35. The van der Waals surface area contributed by atoms with Crippen molar-refractivity contribution < 1.29 is 0 Å². The standard InChI is InChI=1S/C15H27N3S/c1-10(2)18-13(16-17-14(18)19)11-6-8-12(9-7-11)15(3,4)5/h10-12H,6-9H2,1-5H3,(H,17,19). The number of nitrogens with one attached hydrogen (secondary N) is 1. The number of aromatic nitrogens is 3. The topological polar surface area (TPSA) is 33.6 Å². The molecule has 19 heavy (non-hydrogen) atoms. The molecule has 1 aromatic heterocycles. The molecule has 4 heteroatoms. The number of rotatable bonds is 2. The largest absolute Gasteiger partial charge is 0.301 e. The maximum Gasteiger partial charge on any atom is 0.195 e. The lowest BCUT2D eigenvalue weighted by Crippen LogP contribution is -2.26. The smallest absolute Gasteiger partial charge is 0.195 e. The Bertz CT molecular complexity index is 470. The number of nitrogens with zero attached hydrogens (tertiary/aromatic N) is 2. The van der Waals surface area contributed by atoms with E-state index >= 15 is 0 Å². The van der Waals surface area contributed by atoms with Crippen LogP contribution in [-0.4, -0.2) is 14.8 Å². The third-order valence-electron chi connectivity index (χ3n) is 4.57. The molecule has 1 N–H and O–H groups in total. The number of hydrogen-bond acceptors (Lipinski definition) is 2. The molecule has 0 unspecified atom stereocenters. The summed E-state index contributed by atoms with van der Waals surface area (Å²) in [4.78, 5) is 0. The SMILES string of the molecule is CC(C)n1c(C2CCC(C(C)(C)C)CC2)n[nH]c1=S. The Morgan fingerprint density at radius 2 is 1.79 bits per heavy atom. The van der Waals surface area contributed by atoms with E-state index < -0.39 is 0 Å². The lowest BCUT2D eigenvalue weighted by atomic mass is 9.69. The number of aromatic amines is 1. The highest BCUT2D eigenvalue weighted by atomic mass is 32.1. The quantitative estimate of drug-likeness (QED) is 0.787. The fraction of sp³-hybridized carbons (Fsp3) is 0.867. The summed E-state index contributed by atoms with van der Waals surface area (Å²) in [7, 11) is 0. The Morgan fingerprint density at radius 3 is 2.26 bits per heavy atom. The molecule has 0 radical (unpaired) electrons. The van der Waals surface area contributed by atoms with Crippen LogP contribution in [0, 0.1) is 16.1 Å². The summed E-state index contributed by atoms with van der Waals surface area (Å²) in [6, 6.07) is 0.390. The first-order chi connectivity index (χ1) is 8.80. The average molecular weight is 281 g/mol. The van der Waals surface area contributed by atoms with Gasteiger partial charge in [-0.15, -0.1) is 0 Å². The van der Waals surface area contributed by atoms with Gasteiger partial charge >= 0.3 is 0 Å². The third kappa shape index (κ3) is 3.10. The Hall–Kier alpha value is -0.640. The molecule has 3 nitrogen and oxygen atoms in total. The van der Waals surface area contributed by atoms with E-state index in [1.165, 1.54) is 31.5 Å². The highest BCUT2D eigenvalue weighted by molar-refractivity contribution is 7.71. The molecule has 0 saturated heterocycles. The Labute approximate surface area is 121 Å². The van der Waals surface area contributed by atoms with Crippen molar-refractivity contribution in [3.05, 3.63) is 10.6 Å². The molecular weight excluding hydrogens is 254 g/mol. The molecule has 1 aliphatic rings. The van der Waals surface area contributed by atoms with Gasteiger partial charge in [0.15, 0.2) is 4.77 Å². The van der Waals surface area contributed by atoms with E-state index in [0.717, 1.165) is 10.7 Å². The highest BCUT2D eigenvalue weighted by Gasteiger charge is 2.32. The van der Waals surface area contributed by atoms with Crippen LogP contribution in [0.25, 0.3) is 0 Å². The maximum atomic E-state index is 5.35. The first kappa shape index (κ1) is 14.8. The lowest BCUT2D eigenvalue weighted by Gasteiger charge is -2.36. The monoisotopic (exact) mass is 281 g/mol. The van der Waals surface area contributed by atoms with Crippen LogP contribution in [0.5, 0.6) is 0 Å². The minimum atomic E-state index is 0.390. The minimum Gasteiger partial charge on any atom is -0.301 e. The van der Waals surface area contributed by atoms with Crippen molar-refractivity contribution in [3.8, 4) is 0 Å². The summed E-state index contributed by atoms with van der Waals surface area (Å²) < 4.78 is 2.96. The molecular formula is C15H27N3S. The fourth-order valence-electron chi connectivity index (χ4n) is 3.32. The van der Waals surface area contributed by atoms with Gasteiger partial charge in [0.05, 0.1) is 0 Å². The Morgan fingerprint density at radius 1 is 1.21 bits per heavy atom. The summed E-state index contributed by atoms with van der Waals surface area (Å²) in [5.74, 6) is 2.60. The number of H-pyrrole nitrogens is 1. The van der Waals surface area contributed by atoms with Crippen molar-refractivity contribution in [1.29, 1.82) is 0 Å². The molecule has 1 heterocycles. The van der Waals surface area contributed by atoms with Gasteiger partial charge in [-0.2, -0.15) is 5.10 Å². The van der Waals surface area contributed by atoms with E-state index in [1.54, 1.807) is 0 Å². The third-order valence-corrected chi connectivity index (χ3v) is 4.85. The first-order valence-electron chi connectivity index (χ1n) is 7.47. The van der Waals surface area contributed by atoms with Crippen LogP contribution in [0.1, 0.15) is 78.1 Å². The molecule has 0 aromatic carbocycles. The van der Waals surface area contributed by atoms with Gasteiger partial charge in [0.1, 0.15) is 5.82 Å². The van der Waals surface area contributed by atoms with Crippen LogP contribution in [0.2, 0.25) is 0 Å². The first-order valence-corrected chi connectivity index (χ1v) is 7.88. The summed E-state index contributed by atoms with van der Waals surface area (Å²) in [5, 5.41) is 7.47. The van der Waals surface area contributed by atoms with Crippen LogP contribution >= 0.6 is 12.2 Å². The van der Waals surface area contributed by atoms with E-state index in [1.807, 2.05) is 0 Å². The zero-order valence-electron chi connectivity index (χ0n) is 12.9. The van der Waals surface area contributed by atoms with E-state index in [2.05, 4.69) is 49.4 Å². The predicted octanol–water partition coefficient (Wildman–Crippen LogP) is 4.84. The van der Waals surface area contributed by atoms with Gasteiger partial charge in [-0.25, -0.2) is 0 Å². The zero-order valence-corrected chi connectivity index (χ0v) is 13.7. The fourth-order valence-corrected chi connectivity index (χ4v) is 3.67. The molecule has 2 rings (SSSR count). The van der Waals surface area contributed by atoms with Gasteiger partial charge in [-0.05, 0) is 63.1 Å². The lowest BCUT2D eigenvalue weighted by molar-refractivity contribution is 0.166. The van der Waals surface area contributed by atoms with E-state index in [0.29, 0.717) is 17.4 Å². The summed E-state index contributed by atoms with van der Waals surface area (Å²) in [6.45, 7) is 11.4. The molecule has 0 bridgehead atoms. The Kier molecular flexibility index (Phi) is 4.19. The van der Waals surface area contributed by atoms with Gasteiger partial charge < -0.3 is 4.57 Å². The van der Waals surface area contributed by atoms with E-state index in [4.69, 9.17) is 12.2 Å². The second kappa shape index (κ2) is 5.39. The van der Waals surface area contributed by atoms with Crippen molar-refractivity contribution in [2.75, 3.05) is 0 Å². The molecule has 1 saturated carbocycles. The highest BCUT2D eigenvalue weighted by Crippen LogP contribution is 2.42. The van der Waals surface area contributed by atoms with Crippen molar-refractivity contribution in [2.24, 2.45) is 11.3 Å². The van der Waals surface area contributed by atoms with Gasteiger partial charge in [-0.1, -0.05) is 20.8 Å². The van der Waals surface area contributed by atoms with E-state index in [-0.39, 0.29) is 0 Å². The molecule has 0 atom stereocenters. The second-order valence-corrected chi connectivity index (χ2v) is 7.65. The molecule has 108 valence electrons. The summed E-state index contributed by atoms with van der Waals surface area (Å²) in [6.07, 6.45) is 5.11. The van der Waals surface area contributed by atoms with Crippen LogP contribution in [0.3, 0.4) is 0 Å².